The summed E-state index contributed by atoms with van der Waals surface area (Å²) in [5.74, 6) is 2.69. The lowest BCUT2D eigenvalue weighted by atomic mass is 10.2. The van der Waals surface area contributed by atoms with Gasteiger partial charge < -0.3 is 0 Å². The van der Waals surface area contributed by atoms with Crippen molar-refractivity contribution in [3.8, 4) is 0 Å². The number of hydrogen-bond donors (Lipinski definition) is 1. The molecule has 0 fully saturated rings. The van der Waals surface area contributed by atoms with Crippen LogP contribution < -0.4 is 0 Å². The van der Waals surface area contributed by atoms with Crippen LogP contribution in [0.4, 0.5) is 0 Å². The second kappa shape index (κ2) is 5.54. The van der Waals surface area contributed by atoms with Gasteiger partial charge in [0, 0.05) is 12.8 Å². The molecule has 74 valence electrons. The first-order valence-corrected chi connectivity index (χ1v) is 5.97. The third-order valence-electron chi connectivity index (χ3n) is 1.95. The van der Waals surface area contributed by atoms with Gasteiger partial charge in [0.15, 0.2) is 5.16 Å². The fourth-order valence-corrected chi connectivity index (χ4v) is 2.56. The van der Waals surface area contributed by atoms with E-state index in [0.29, 0.717) is 5.92 Å². The summed E-state index contributed by atoms with van der Waals surface area (Å²) in [6, 6.07) is 0. The van der Waals surface area contributed by atoms with Crippen LogP contribution in [0.2, 0.25) is 0 Å². The zero-order chi connectivity index (χ0) is 9.68. The molecule has 0 aliphatic carbocycles. The number of hydrogen-bond acceptors (Lipinski definition) is 4. The molecule has 0 bridgehead atoms. The van der Waals surface area contributed by atoms with Crippen LogP contribution in [0.5, 0.6) is 0 Å². The summed E-state index contributed by atoms with van der Waals surface area (Å²) >= 11 is 6.05. The highest BCUT2D eigenvalue weighted by molar-refractivity contribution is 7.99. The maximum Gasteiger partial charge on any atom is 0.185 e. The largest absolute Gasteiger partial charge is 0.244 e. The Kier molecular flexibility index (Phi) is 4.66. The van der Waals surface area contributed by atoms with Crippen molar-refractivity contribution in [3.05, 3.63) is 6.33 Å². The highest BCUT2D eigenvalue weighted by Gasteiger charge is 2.07. The van der Waals surface area contributed by atoms with Crippen LogP contribution in [0, 0.1) is 5.92 Å². The lowest BCUT2D eigenvalue weighted by Gasteiger charge is -2.09. The summed E-state index contributed by atoms with van der Waals surface area (Å²) in [6.45, 7) is 2.19. The number of nitrogens with zero attached hydrogens (tertiary/aromatic N) is 3. The van der Waals surface area contributed by atoms with E-state index in [-0.39, 0.29) is 0 Å². The van der Waals surface area contributed by atoms with Crippen molar-refractivity contribution in [1.29, 1.82) is 0 Å². The molecule has 0 N–H and O–H groups in total. The van der Waals surface area contributed by atoms with E-state index >= 15 is 0 Å². The van der Waals surface area contributed by atoms with E-state index in [4.69, 9.17) is 0 Å². The molecule has 0 spiro atoms. The summed E-state index contributed by atoms with van der Waals surface area (Å²) in [4.78, 5) is 4.15. The van der Waals surface area contributed by atoms with Crippen molar-refractivity contribution >= 4 is 24.4 Å². The molecule has 0 aliphatic heterocycles. The van der Waals surface area contributed by atoms with E-state index in [9.17, 15) is 0 Å². The highest BCUT2D eigenvalue weighted by Crippen LogP contribution is 2.19. The molecule has 1 unspecified atom stereocenters. The zero-order valence-corrected chi connectivity index (χ0v) is 9.68. The fraction of sp³-hybridized carbons (Fsp3) is 0.750. The quantitative estimate of drug-likeness (QED) is 0.603. The van der Waals surface area contributed by atoms with Crippen molar-refractivity contribution in [1.82, 2.24) is 14.8 Å². The molecule has 3 nitrogen and oxygen atoms in total. The van der Waals surface area contributed by atoms with Crippen LogP contribution in [0.1, 0.15) is 13.3 Å². The first-order valence-electron chi connectivity index (χ1n) is 4.35. The first kappa shape index (κ1) is 10.9. The van der Waals surface area contributed by atoms with Crippen LogP contribution in [0.15, 0.2) is 11.5 Å². The predicted octanol–water partition coefficient (Wildman–Crippen LogP) is 1.86. The number of aryl methyl sites for hydroxylation is 1. The maximum atomic E-state index is 4.30. The Balaban J connectivity index is 2.38. The number of thioether (sulfide) groups is 1. The van der Waals surface area contributed by atoms with E-state index in [1.54, 1.807) is 22.8 Å². The van der Waals surface area contributed by atoms with Gasteiger partial charge in [0.1, 0.15) is 6.33 Å². The molecule has 13 heavy (non-hydrogen) atoms. The molecular formula is C8H15N3S2. The van der Waals surface area contributed by atoms with Crippen molar-refractivity contribution in [2.45, 2.75) is 18.5 Å². The molecule has 0 aliphatic rings. The predicted molar refractivity (Wildman–Crippen MR) is 59.4 cm³/mol. The van der Waals surface area contributed by atoms with Gasteiger partial charge in [-0.25, -0.2) is 9.67 Å². The van der Waals surface area contributed by atoms with E-state index in [1.165, 1.54) is 6.42 Å². The Morgan fingerprint density at radius 1 is 1.69 bits per heavy atom. The Morgan fingerprint density at radius 2 is 2.46 bits per heavy atom. The molecule has 0 aromatic carbocycles. The summed E-state index contributed by atoms with van der Waals surface area (Å²) in [5.41, 5.74) is 0. The smallest absolute Gasteiger partial charge is 0.185 e. The molecule has 0 amide bonds. The molecule has 0 radical (unpaired) electrons. The minimum Gasteiger partial charge on any atom is -0.244 e. The summed E-state index contributed by atoms with van der Waals surface area (Å²) in [7, 11) is 1.91. The summed E-state index contributed by atoms with van der Waals surface area (Å²) < 4.78 is 1.80. The van der Waals surface area contributed by atoms with E-state index in [2.05, 4.69) is 29.6 Å². The molecule has 1 atom stereocenters. The van der Waals surface area contributed by atoms with Gasteiger partial charge in [-0.05, 0) is 11.7 Å². The molecule has 0 saturated carbocycles. The molecule has 1 heterocycles. The minimum atomic E-state index is 0.671. The lowest BCUT2D eigenvalue weighted by Crippen LogP contribution is -2.05. The van der Waals surface area contributed by atoms with Gasteiger partial charge >= 0.3 is 0 Å². The SMILES string of the molecule is CCC(CS)CSc1ncnn1C. The van der Waals surface area contributed by atoms with Gasteiger partial charge in [-0.15, -0.1) is 0 Å². The van der Waals surface area contributed by atoms with E-state index in [1.807, 2.05) is 7.05 Å². The normalized spacial score (nSPS) is 13.2. The summed E-state index contributed by atoms with van der Waals surface area (Å²) in [5, 5.41) is 5.00. The molecule has 1 aromatic heterocycles. The Bertz CT molecular complexity index is 245. The van der Waals surface area contributed by atoms with E-state index in [0.717, 1.165) is 16.7 Å². The van der Waals surface area contributed by atoms with Crippen molar-refractivity contribution in [3.63, 3.8) is 0 Å². The number of aromatic nitrogens is 3. The molecule has 1 aromatic rings. The van der Waals surface area contributed by atoms with Crippen LogP contribution in [-0.2, 0) is 7.05 Å². The van der Waals surface area contributed by atoms with E-state index < -0.39 is 0 Å². The van der Waals surface area contributed by atoms with Crippen LogP contribution in [0.3, 0.4) is 0 Å². The van der Waals surface area contributed by atoms with Gasteiger partial charge in [0.05, 0.1) is 0 Å². The molecule has 1 rings (SSSR count). The third kappa shape index (κ3) is 3.23. The second-order valence-electron chi connectivity index (χ2n) is 2.93. The third-order valence-corrected chi connectivity index (χ3v) is 3.74. The van der Waals surface area contributed by atoms with Crippen molar-refractivity contribution in [2.24, 2.45) is 13.0 Å². The van der Waals surface area contributed by atoms with Gasteiger partial charge in [-0.1, -0.05) is 25.1 Å². The van der Waals surface area contributed by atoms with Gasteiger partial charge in [-0.2, -0.15) is 17.7 Å². The average Bonchev–Trinajstić information content (AvgIpc) is 2.54. The minimum absolute atomic E-state index is 0.671. The van der Waals surface area contributed by atoms with Crippen LogP contribution in [0.25, 0.3) is 0 Å². The second-order valence-corrected chi connectivity index (χ2v) is 4.29. The maximum absolute atomic E-state index is 4.30. The molecule has 0 saturated heterocycles. The first-order chi connectivity index (χ1) is 6.27. The fourth-order valence-electron chi connectivity index (χ4n) is 0.908. The van der Waals surface area contributed by atoms with Crippen molar-refractivity contribution < 1.29 is 0 Å². The number of rotatable bonds is 5. The zero-order valence-electron chi connectivity index (χ0n) is 7.97. The van der Waals surface area contributed by atoms with Gasteiger partial charge in [0.25, 0.3) is 0 Å². The average molecular weight is 217 g/mol. The molecular weight excluding hydrogens is 202 g/mol. The van der Waals surface area contributed by atoms with Crippen molar-refractivity contribution in [2.75, 3.05) is 11.5 Å². The topological polar surface area (TPSA) is 30.7 Å². The van der Waals surface area contributed by atoms with Gasteiger partial charge in [0.2, 0.25) is 0 Å². The highest BCUT2D eigenvalue weighted by atomic mass is 32.2. The Hall–Kier alpha value is -0.160. The van der Waals surface area contributed by atoms with Gasteiger partial charge in [-0.3, -0.25) is 0 Å². The Morgan fingerprint density at radius 3 is 2.92 bits per heavy atom. The lowest BCUT2D eigenvalue weighted by molar-refractivity contribution is 0.642. The summed E-state index contributed by atoms with van der Waals surface area (Å²) in [6.07, 6.45) is 2.76. The van der Waals surface area contributed by atoms with Crippen LogP contribution >= 0.6 is 24.4 Å². The monoisotopic (exact) mass is 217 g/mol. The molecule has 5 heteroatoms. The number of thiol groups is 1. The standard InChI is InChI=1S/C8H15N3S2/c1-3-7(4-12)5-13-8-9-6-10-11(8)2/h6-7,12H,3-5H2,1-2H3. The Labute approximate surface area is 88.7 Å². The van der Waals surface area contributed by atoms with Crippen LogP contribution in [-0.4, -0.2) is 26.3 Å².